The number of hydrogen-bond donors (Lipinski definition) is 4. The molecule has 4 N–H and O–H groups in total. The number of halogens is 1. The van der Waals surface area contributed by atoms with E-state index in [4.69, 9.17) is 11.6 Å². The topological polar surface area (TPSA) is 155 Å². The first-order chi connectivity index (χ1) is 21.4. The van der Waals surface area contributed by atoms with Gasteiger partial charge in [0, 0.05) is 25.7 Å². The minimum atomic E-state index is -1.26. The lowest BCUT2D eigenvalue weighted by Gasteiger charge is -2.47. The summed E-state index contributed by atoms with van der Waals surface area (Å²) in [5.41, 5.74) is 0.0133. The fraction of sp³-hybridized carbons (Fsp3) is 0.562. The van der Waals surface area contributed by atoms with Crippen LogP contribution in [0.3, 0.4) is 0 Å². The van der Waals surface area contributed by atoms with Crippen molar-refractivity contribution in [2.24, 2.45) is 23.7 Å². The third-order valence-corrected chi connectivity index (χ3v) is 10.7. The molecule has 2 heterocycles. The lowest BCUT2D eigenvalue weighted by molar-refractivity contribution is -0.137. The number of pyridine rings is 1. The molecule has 13 heteroatoms. The number of nitrogens with zero attached hydrogens (tertiary/aromatic N) is 1. The molecule has 2 fully saturated rings. The number of anilines is 1. The number of carbonyl (C=O) groups excluding carboxylic acids is 5. The largest absolute Gasteiger partial charge is 0.353 e. The van der Waals surface area contributed by atoms with Crippen molar-refractivity contribution in [3.8, 4) is 0 Å². The van der Waals surface area contributed by atoms with Crippen LogP contribution in [0.2, 0.25) is 5.02 Å². The molecule has 0 radical (unpaired) electrons. The van der Waals surface area contributed by atoms with E-state index in [1.165, 1.54) is 30.3 Å². The van der Waals surface area contributed by atoms with Crippen LogP contribution in [0.15, 0.2) is 28.5 Å². The van der Waals surface area contributed by atoms with Gasteiger partial charge in [-0.25, -0.2) is 0 Å². The fourth-order valence-electron chi connectivity index (χ4n) is 6.87. The van der Waals surface area contributed by atoms with Gasteiger partial charge in [0.25, 0.3) is 17.4 Å². The highest BCUT2D eigenvalue weighted by atomic mass is 35.5. The van der Waals surface area contributed by atoms with E-state index in [0.29, 0.717) is 29.2 Å². The molecule has 0 spiro atoms. The lowest BCUT2D eigenvalue weighted by Crippen LogP contribution is -2.52. The van der Waals surface area contributed by atoms with Crippen LogP contribution in [0.1, 0.15) is 74.0 Å². The molecular weight excluding hydrogens is 618 g/mol. The highest BCUT2D eigenvalue weighted by Gasteiger charge is 2.41. The van der Waals surface area contributed by atoms with Crippen molar-refractivity contribution in [3.05, 3.63) is 49.5 Å². The number of nitrogens with one attached hydrogen (secondary N) is 4. The van der Waals surface area contributed by atoms with E-state index >= 15 is 0 Å². The molecular formula is C32H42ClN5O6S. The zero-order valence-corrected chi connectivity index (χ0v) is 27.7. The van der Waals surface area contributed by atoms with Gasteiger partial charge in [-0.3, -0.25) is 28.8 Å². The summed E-state index contributed by atoms with van der Waals surface area (Å²) in [7, 11) is 1.32. The van der Waals surface area contributed by atoms with E-state index in [9.17, 15) is 28.8 Å². The van der Waals surface area contributed by atoms with Gasteiger partial charge in [0.2, 0.25) is 17.6 Å². The Morgan fingerprint density at radius 3 is 2.56 bits per heavy atom. The zero-order valence-electron chi connectivity index (χ0n) is 26.1. The molecule has 2 aliphatic carbocycles. The van der Waals surface area contributed by atoms with Gasteiger partial charge in [0.15, 0.2) is 0 Å². The molecule has 2 bridgehead atoms. The number of hydrogen-bond acceptors (Lipinski definition) is 7. The summed E-state index contributed by atoms with van der Waals surface area (Å²) < 4.78 is 1.23. The number of aryl methyl sites for hydroxylation is 1. The Morgan fingerprint density at radius 2 is 1.89 bits per heavy atom. The summed E-state index contributed by atoms with van der Waals surface area (Å²) in [5, 5.41) is 12.5. The molecule has 4 amide bonds. The smallest absolute Gasteiger partial charge is 0.287 e. The van der Waals surface area contributed by atoms with Crippen LogP contribution in [-0.2, 0) is 25.7 Å². The molecule has 0 aromatic carbocycles. The second kappa shape index (κ2) is 15.2. The molecule has 244 valence electrons. The molecule has 11 nitrogen and oxygen atoms in total. The van der Waals surface area contributed by atoms with Crippen molar-refractivity contribution < 1.29 is 24.0 Å². The van der Waals surface area contributed by atoms with E-state index in [0.717, 1.165) is 37.0 Å². The summed E-state index contributed by atoms with van der Waals surface area (Å²) in [6, 6.07) is 1.76. The van der Waals surface area contributed by atoms with Gasteiger partial charge < -0.3 is 25.8 Å². The molecule has 2 aromatic heterocycles. The van der Waals surface area contributed by atoms with Gasteiger partial charge in [-0.15, -0.1) is 11.3 Å². The Labute approximate surface area is 271 Å². The van der Waals surface area contributed by atoms with Gasteiger partial charge in [-0.05, 0) is 85.8 Å². The van der Waals surface area contributed by atoms with Crippen molar-refractivity contribution in [1.29, 1.82) is 0 Å². The minimum absolute atomic E-state index is 0.0718. The molecule has 2 saturated carbocycles. The summed E-state index contributed by atoms with van der Waals surface area (Å²) in [6.45, 7) is 5.96. The van der Waals surface area contributed by atoms with Crippen LogP contribution in [-0.4, -0.2) is 53.1 Å². The third kappa shape index (κ3) is 8.40. The summed E-state index contributed by atoms with van der Waals surface area (Å²) >= 11 is 7.34. The number of amides is 4. The van der Waals surface area contributed by atoms with E-state index < -0.39 is 35.1 Å². The first-order valence-electron chi connectivity index (χ1n) is 15.5. The zero-order chi connectivity index (χ0) is 32.8. The SMILES string of the molecule is CCC1CC2CC(C)CC(C2)C1NC(=O)Cn1cccc(NC(=O)[C@H](CCC(=O)C(=O)NC)NC(=O)c2scc(C)c2Cl)c1=O. The lowest BCUT2D eigenvalue weighted by atomic mass is 9.62. The van der Waals surface area contributed by atoms with Gasteiger partial charge in [0.05, 0.1) is 5.02 Å². The Morgan fingerprint density at radius 1 is 1.13 bits per heavy atom. The standard InChI is InChI=1S/C32H42ClN5O6S/c1-5-20-13-19-11-17(2)12-21(14-19)27(20)37-25(40)15-38-10-6-7-23(32(38)44)36-29(41)22(8-9-24(39)30(42)34-4)35-31(43)28-26(33)18(3)16-45-28/h6-7,10,16-17,19-22,27H,5,8-9,11-15H2,1-4H3,(H,34,42)(H,35,43)(H,36,41)(H,37,40)/t17?,19?,20?,21?,22-,27?/m0/s1. The minimum Gasteiger partial charge on any atom is -0.353 e. The van der Waals surface area contributed by atoms with Crippen LogP contribution < -0.4 is 26.8 Å². The molecule has 6 atom stereocenters. The second-order valence-corrected chi connectivity index (χ2v) is 13.7. The van der Waals surface area contributed by atoms with E-state index in [-0.39, 0.29) is 46.9 Å². The summed E-state index contributed by atoms with van der Waals surface area (Å²) in [6.07, 6.45) is 6.51. The number of fused-ring (bicyclic) bond motifs is 2. The number of carbonyl (C=O) groups is 5. The van der Waals surface area contributed by atoms with Crippen LogP contribution in [0.25, 0.3) is 0 Å². The number of ketones is 1. The number of rotatable bonds is 12. The maximum absolute atomic E-state index is 13.4. The van der Waals surface area contributed by atoms with Crippen molar-refractivity contribution in [1.82, 2.24) is 20.5 Å². The maximum atomic E-state index is 13.4. The second-order valence-electron chi connectivity index (χ2n) is 12.4. The average molecular weight is 660 g/mol. The molecule has 2 aromatic rings. The monoisotopic (exact) mass is 659 g/mol. The highest BCUT2D eigenvalue weighted by Crippen LogP contribution is 2.45. The van der Waals surface area contributed by atoms with Gasteiger partial charge >= 0.3 is 0 Å². The number of Topliss-reactive ketones (excluding diaryl/α,β-unsaturated/α-hetero) is 1. The predicted molar refractivity (Wildman–Crippen MR) is 173 cm³/mol. The van der Waals surface area contributed by atoms with Crippen LogP contribution in [0.4, 0.5) is 5.69 Å². The normalized spacial score (nSPS) is 23.0. The maximum Gasteiger partial charge on any atom is 0.287 e. The first-order valence-corrected chi connectivity index (χ1v) is 16.8. The Hall–Kier alpha value is -3.51. The molecule has 5 unspecified atom stereocenters. The van der Waals surface area contributed by atoms with Crippen LogP contribution in [0, 0.1) is 30.6 Å². The number of likely N-dealkylation sites (N-methyl/N-ethyl adjacent to an activating group) is 1. The van der Waals surface area contributed by atoms with Gasteiger partial charge in [-0.1, -0.05) is 31.9 Å². The third-order valence-electron chi connectivity index (χ3n) is 9.04. The molecule has 0 saturated heterocycles. The van der Waals surface area contributed by atoms with Crippen molar-refractivity contribution in [2.45, 2.75) is 84.3 Å². The van der Waals surface area contributed by atoms with Crippen molar-refractivity contribution in [3.63, 3.8) is 0 Å². The summed E-state index contributed by atoms with van der Waals surface area (Å²) in [5.74, 6) is -1.05. The Balaban J connectivity index is 1.46. The van der Waals surface area contributed by atoms with Crippen molar-refractivity contribution in [2.75, 3.05) is 12.4 Å². The van der Waals surface area contributed by atoms with E-state index in [1.54, 1.807) is 18.4 Å². The number of thiophene rings is 1. The van der Waals surface area contributed by atoms with Gasteiger partial charge in [0.1, 0.15) is 23.2 Å². The van der Waals surface area contributed by atoms with Crippen LogP contribution >= 0.6 is 22.9 Å². The molecule has 0 aliphatic heterocycles. The fourth-order valence-corrected chi connectivity index (χ4v) is 8.05. The average Bonchev–Trinajstić information content (AvgIpc) is 3.34. The Kier molecular flexibility index (Phi) is 11.6. The highest BCUT2D eigenvalue weighted by molar-refractivity contribution is 7.13. The van der Waals surface area contributed by atoms with Gasteiger partial charge in [-0.2, -0.15) is 0 Å². The molecule has 4 rings (SSSR count). The number of aromatic nitrogens is 1. The predicted octanol–water partition coefficient (Wildman–Crippen LogP) is 3.67. The summed E-state index contributed by atoms with van der Waals surface area (Å²) in [4.78, 5) is 77.0. The van der Waals surface area contributed by atoms with E-state index in [1.807, 2.05) is 0 Å². The quantitative estimate of drug-likeness (QED) is 0.255. The molecule has 45 heavy (non-hydrogen) atoms. The van der Waals surface area contributed by atoms with Crippen molar-refractivity contribution >= 4 is 58.0 Å². The first kappa shape index (κ1) is 34.4. The Bertz CT molecular complexity index is 1500. The van der Waals surface area contributed by atoms with Crippen LogP contribution in [0.5, 0.6) is 0 Å². The van der Waals surface area contributed by atoms with E-state index in [2.05, 4.69) is 35.1 Å². The molecule has 2 aliphatic rings.